The quantitative estimate of drug-likeness (QED) is 0.452. The average molecular weight is 334 g/mol. The van der Waals surface area contributed by atoms with Gasteiger partial charge in [-0.2, -0.15) is 0 Å². The lowest BCUT2D eigenvalue weighted by atomic mass is 9.47. The maximum atomic E-state index is 11.4. The van der Waals surface area contributed by atoms with E-state index in [1.807, 2.05) is 6.92 Å². The molecule has 2 aliphatic rings. The number of fused-ring (bicyclic) bond motifs is 1. The predicted octanol–water partition coefficient (Wildman–Crippen LogP) is 4.66. The molecule has 0 bridgehead atoms. The zero-order valence-corrected chi connectivity index (χ0v) is 15.9. The Labute approximate surface area is 147 Å². The van der Waals surface area contributed by atoms with Gasteiger partial charge in [-0.3, -0.25) is 0 Å². The minimum Gasteiger partial charge on any atom is -0.466 e. The van der Waals surface area contributed by atoms with Crippen LogP contribution in [0.4, 0.5) is 0 Å². The van der Waals surface area contributed by atoms with Crippen LogP contribution in [-0.2, 0) is 9.53 Å². The topological polar surface area (TPSA) is 46.5 Å². The van der Waals surface area contributed by atoms with Crippen molar-refractivity contribution < 1.29 is 14.6 Å². The summed E-state index contributed by atoms with van der Waals surface area (Å²) in [6.07, 6.45) is 9.29. The number of carbonyl (C=O) groups excluding carboxylic acids is 1. The molecule has 0 amide bonds. The average Bonchev–Trinajstić information content (AvgIpc) is 2.53. The van der Waals surface area contributed by atoms with Crippen LogP contribution in [0, 0.1) is 22.7 Å². The van der Waals surface area contributed by atoms with E-state index in [9.17, 15) is 9.90 Å². The van der Waals surface area contributed by atoms with Crippen LogP contribution in [0.2, 0.25) is 0 Å². The Kier molecular flexibility index (Phi) is 5.95. The highest BCUT2D eigenvalue weighted by atomic mass is 16.5. The molecular weight excluding hydrogens is 300 g/mol. The zero-order valence-electron chi connectivity index (χ0n) is 15.9. The predicted molar refractivity (Wildman–Crippen MR) is 97.5 cm³/mol. The van der Waals surface area contributed by atoms with Crippen LogP contribution in [-0.4, -0.2) is 24.8 Å². The van der Waals surface area contributed by atoms with Crippen molar-refractivity contribution in [2.75, 3.05) is 13.7 Å². The van der Waals surface area contributed by atoms with Gasteiger partial charge in [0.05, 0.1) is 7.11 Å². The Morgan fingerprint density at radius 1 is 1.42 bits per heavy atom. The Hall–Kier alpha value is -1.09. The van der Waals surface area contributed by atoms with Gasteiger partial charge in [0, 0.05) is 12.7 Å². The highest BCUT2D eigenvalue weighted by molar-refractivity contribution is 5.82. The normalized spacial score (nSPS) is 37.0. The molecule has 4 unspecified atom stereocenters. The first-order chi connectivity index (χ1) is 11.3. The zero-order chi connectivity index (χ0) is 18.0. The molecule has 2 aliphatic carbocycles. The summed E-state index contributed by atoms with van der Waals surface area (Å²) in [5.41, 5.74) is 2.70. The number of rotatable bonds is 5. The van der Waals surface area contributed by atoms with Gasteiger partial charge in [-0.15, -0.1) is 0 Å². The van der Waals surface area contributed by atoms with Gasteiger partial charge >= 0.3 is 5.97 Å². The number of allylic oxidation sites excluding steroid dienone is 2. The Morgan fingerprint density at radius 2 is 2.12 bits per heavy atom. The number of ether oxygens (including phenoxy) is 1. The molecule has 0 aliphatic heterocycles. The Balaban J connectivity index is 2.17. The van der Waals surface area contributed by atoms with Crippen molar-refractivity contribution in [3.05, 3.63) is 23.8 Å². The minimum absolute atomic E-state index is 0.0445. The second kappa shape index (κ2) is 7.43. The number of methoxy groups -OCH3 is 1. The van der Waals surface area contributed by atoms with E-state index >= 15 is 0 Å². The minimum atomic E-state index is -0.274. The molecule has 136 valence electrons. The highest BCUT2D eigenvalue weighted by Gasteiger charge is 2.53. The first kappa shape index (κ1) is 19.2. The van der Waals surface area contributed by atoms with Crippen LogP contribution in [0.15, 0.2) is 23.8 Å². The number of carbonyl (C=O) groups is 1. The lowest BCUT2D eigenvalue weighted by molar-refractivity contribution is -0.134. The van der Waals surface area contributed by atoms with Crippen LogP contribution in [0.25, 0.3) is 0 Å². The fraction of sp³-hybridized carbons (Fsp3) is 0.762. The summed E-state index contributed by atoms with van der Waals surface area (Å²) < 4.78 is 4.72. The lowest BCUT2D eigenvalue weighted by Crippen LogP contribution is -2.51. The molecule has 0 radical (unpaired) electrons. The molecule has 2 rings (SSSR count). The van der Waals surface area contributed by atoms with E-state index < -0.39 is 0 Å². The van der Waals surface area contributed by atoms with Gasteiger partial charge in [0.25, 0.3) is 0 Å². The fourth-order valence-electron chi connectivity index (χ4n) is 5.51. The van der Waals surface area contributed by atoms with Gasteiger partial charge in [-0.1, -0.05) is 38.0 Å². The standard InChI is InChI=1S/C21H34O3/c1-15(13-19(23)24-5)7-9-17-16(2)8-10-18-20(3,14-22)11-6-12-21(17,18)4/h13,17-18,22H,2,6-12,14H2,1,3-5H3. The second-order valence-electron chi connectivity index (χ2n) is 8.53. The van der Waals surface area contributed by atoms with E-state index in [4.69, 9.17) is 4.74 Å². The molecule has 0 aromatic carbocycles. The van der Waals surface area contributed by atoms with Crippen LogP contribution in [0.5, 0.6) is 0 Å². The monoisotopic (exact) mass is 334 g/mol. The van der Waals surface area contributed by atoms with Gasteiger partial charge in [-0.25, -0.2) is 4.79 Å². The third-order valence-corrected chi connectivity index (χ3v) is 6.90. The second-order valence-corrected chi connectivity index (χ2v) is 8.53. The molecule has 3 heteroatoms. The van der Waals surface area contributed by atoms with E-state index in [-0.39, 0.29) is 23.4 Å². The van der Waals surface area contributed by atoms with Crippen molar-refractivity contribution in [2.45, 2.75) is 65.7 Å². The summed E-state index contributed by atoms with van der Waals surface area (Å²) in [4.78, 5) is 11.4. The summed E-state index contributed by atoms with van der Waals surface area (Å²) in [5.74, 6) is 0.761. The van der Waals surface area contributed by atoms with Gasteiger partial charge in [-0.05, 0) is 68.1 Å². The van der Waals surface area contributed by atoms with Gasteiger partial charge in [0.2, 0.25) is 0 Å². The smallest absolute Gasteiger partial charge is 0.330 e. The summed E-state index contributed by atoms with van der Waals surface area (Å²) in [6, 6.07) is 0. The molecule has 0 spiro atoms. The largest absolute Gasteiger partial charge is 0.466 e. The number of aliphatic hydroxyl groups excluding tert-OH is 1. The first-order valence-corrected chi connectivity index (χ1v) is 9.30. The summed E-state index contributed by atoms with van der Waals surface area (Å²) in [5, 5.41) is 10.0. The van der Waals surface area contributed by atoms with Crippen molar-refractivity contribution in [1.82, 2.24) is 0 Å². The molecule has 0 heterocycles. The molecule has 1 N–H and O–H groups in total. The van der Waals surface area contributed by atoms with Gasteiger partial charge in [0.1, 0.15) is 0 Å². The van der Waals surface area contributed by atoms with Gasteiger partial charge in [0.15, 0.2) is 0 Å². The molecule has 0 saturated heterocycles. The maximum absolute atomic E-state index is 11.4. The lowest BCUT2D eigenvalue weighted by Gasteiger charge is -2.58. The van der Waals surface area contributed by atoms with Crippen LogP contribution < -0.4 is 0 Å². The molecule has 0 aromatic rings. The van der Waals surface area contributed by atoms with Crippen LogP contribution >= 0.6 is 0 Å². The number of hydrogen-bond acceptors (Lipinski definition) is 3. The summed E-state index contributed by atoms with van der Waals surface area (Å²) in [7, 11) is 1.42. The fourth-order valence-corrected chi connectivity index (χ4v) is 5.51. The highest BCUT2D eigenvalue weighted by Crippen LogP contribution is 2.61. The van der Waals surface area contributed by atoms with E-state index in [1.54, 1.807) is 6.08 Å². The molecule has 4 atom stereocenters. The van der Waals surface area contributed by atoms with Crippen molar-refractivity contribution in [3.8, 4) is 0 Å². The summed E-state index contributed by atoms with van der Waals surface area (Å²) in [6.45, 7) is 11.4. The Morgan fingerprint density at radius 3 is 2.75 bits per heavy atom. The SMILES string of the molecule is C=C1CCC2C(C)(CO)CCCC2(C)C1CCC(C)=CC(=O)OC. The van der Waals surface area contributed by atoms with Crippen molar-refractivity contribution in [2.24, 2.45) is 22.7 Å². The number of hydrogen-bond donors (Lipinski definition) is 1. The third kappa shape index (κ3) is 3.61. The van der Waals surface area contributed by atoms with Crippen LogP contribution in [0.1, 0.15) is 65.7 Å². The van der Waals surface area contributed by atoms with Gasteiger partial charge < -0.3 is 9.84 Å². The van der Waals surface area contributed by atoms with E-state index in [0.717, 1.165) is 37.7 Å². The molecule has 24 heavy (non-hydrogen) atoms. The number of esters is 1. The van der Waals surface area contributed by atoms with E-state index in [0.29, 0.717) is 11.8 Å². The molecular formula is C21H34O3. The van der Waals surface area contributed by atoms with E-state index in [2.05, 4.69) is 20.4 Å². The number of aliphatic hydroxyl groups is 1. The molecule has 0 aromatic heterocycles. The molecule has 3 nitrogen and oxygen atoms in total. The van der Waals surface area contributed by atoms with E-state index in [1.165, 1.54) is 25.5 Å². The third-order valence-electron chi connectivity index (χ3n) is 6.90. The van der Waals surface area contributed by atoms with Crippen LogP contribution in [0.3, 0.4) is 0 Å². The first-order valence-electron chi connectivity index (χ1n) is 9.30. The summed E-state index contributed by atoms with van der Waals surface area (Å²) >= 11 is 0. The Bertz CT molecular complexity index is 521. The molecule has 2 fully saturated rings. The molecule has 2 saturated carbocycles. The van der Waals surface area contributed by atoms with Crippen molar-refractivity contribution in [3.63, 3.8) is 0 Å². The maximum Gasteiger partial charge on any atom is 0.330 e. The van der Waals surface area contributed by atoms with Crippen molar-refractivity contribution >= 4 is 5.97 Å². The van der Waals surface area contributed by atoms with Crippen molar-refractivity contribution in [1.29, 1.82) is 0 Å².